The minimum Gasteiger partial charge on any atom is -0.482 e. The van der Waals surface area contributed by atoms with Crippen LogP contribution in [0, 0.1) is 22.7 Å². The lowest BCUT2D eigenvalue weighted by molar-refractivity contribution is -0.119. The molecule has 120 valence electrons. The number of nitrogens with zero attached hydrogens (tertiary/aromatic N) is 2. The van der Waals surface area contributed by atoms with Crippen LogP contribution in [0.3, 0.4) is 0 Å². The molecule has 0 saturated heterocycles. The summed E-state index contributed by atoms with van der Waals surface area (Å²) in [6, 6.07) is 7.92. The fraction of sp³-hybridized carbons (Fsp3) is 0.0667. The van der Waals surface area contributed by atoms with Crippen LogP contribution in [0.25, 0.3) is 11.1 Å². The fourth-order valence-electron chi connectivity index (χ4n) is 2.05. The monoisotopic (exact) mass is 343 g/mol. The maximum absolute atomic E-state index is 11.9. The SMILES string of the molecule is N#Cc1c(N)[nH]c(=O)c(C#N)c1-c1ccc(OCC(N)=O)c(Cl)c1. The predicted molar refractivity (Wildman–Crippen MR) is 86.0 cm³/mol. The summed E-state index contributed by atoms with van der Waals surface area (Å²) in [5.41, 5.74) is 10.0. The van der Waals surface area contributed by atoms with Crippen molar-refractivity contribution in [1.82, 2.24) is 4.98 Å². The van der Waals surface area contributed by atoms with Crippen molar-refractivity contribution in [3.05, 3.63) is 44.7 Å². The molecule has 1 amide bonds. The highest BCUT2D eigenvalue weighted by Crippen LogP contribution is 2.33. The molecule has 0 aliphatic carbocycles. The van der Waals surface area contributed by atoms with E-state index in [2.05, 4.69) is 4.98 Å². The average Bonchev–Trinajstić information content (AvgIpc) is 2.53. The summed E-state index contributed by atoms with van der Waals surface area (Å²) in [7, 11) is 0. The van der Waals surface area contributed by atoms with Crippen molar-refractivity contribution in [3.63, 3.8) is 0 Å². The molecule has 0 bridgehead atoms. The van der Waals surface area contributed by atoms with E-state index in [1.165, 1.54) is 18.2 Å². The Labute approximate surface area is 140 Å². The van der Waals surface area contributed by atoms with E-state index in [0.717, 1.165) is 0 Å². The van der Waals surface area contributed by atoms with Gasteiger partial charge in [0.25, 0.3) is 11.5 Å². The molecule has 0 saturated carbocycles. The number of nitriles is 2. The number of carbonyl (C=O) groups is 1. The molecule has 0 aliphatic heterocycles. The van der Waals surface area contributed by atoms with Crippen molar-refractivity contribution in [1.29, 1.82) is 10.5 Å². The first-order chi connectivity index (χ1) is 11.4. The fourth-order valence-corrected chi connectivity index (χ4v) is 2.29. The molecule has 1 aromatic heterocycles. The first-order valence-corrected chi connectivity index (χ1v) is 6.83. The minimum absolute atomic E-state index is 0.0481. The molecular formula is C15H10ClN5O3. The van der Waals surface area contributed by atoms with Gasteiger partial charge in [-0.25, -0.2) is 0 Å². The van der Waals surface area contributed by atoms with Gasteiger partial charge in [0.1, 0.15) is 34.8 Å². The molecule has 8 nitrogen and oxygen atoms in total. The Balaban J connectivity index is 2.64. The van der Waals surface area contributed by atoms with Crippen LogP contribution in [-0.4, -0.2) is 17.5 Å². The molecule has 24 heavy (non-hydrogen) atoms. The molecule has 2 aromatic rings. The van der Waals surface area contributed by atoms with Crippen molar-refractivity contribution in [3.8, 4) is 29.0 Å². The summed E-state index contributed by atoms with van der Waals surface area (Å²) < 4.78 is 5.12. The lowest BCUT2D eigenvalue weighted by atomic mass is 9.96. The van der Waals surface area contributed by atoms with Gasteiger partial charge < -0.3 is 21.2 Å². The molecule has 0 unspecified atom stereocenters. The number of halogens is 1. The number of rotatable bonds is 4. The Morgan fingerprint density at radius 1 is 1.29 bits per heavy atom. The Morgan fingerprint density at radius 3 is 2.50 bits per heavy atom. The predicted octanol–water partition coefficient (Wildman–Crippen LogP) is 0.885. The molecular weight excluding hydrogens is 334 g/mol. The van der Waals surface area contributed by atoms with Crippen molar-refractivity contribution in [2.24, 2.45) is 5.73 Å². The van der Waals surface area contributed by atoms with E-state index >= 15 is 0 Å². The van der Waals surface area contributed by atoms with E-state index < -0.39 is 11.5 Å². The van der Waals surface area contributed by atoms with Gasteiger partial charge in [0, 0.05) is 5.56 Å². The lowest BCUT2D eigenvalue weighted by Crippen LogP contribution is -2.20. The number of amides is 1. The Kier molecular flexibility index (Phi) is 4.73. The Hall–Kier alpha value is -3.49. The molecule has 1 aromatic carbocycles. The number of aromatic amines is 1. The van der Waals surface area contributed by atoms with E-state index in [1.54, 1.807) is 6.07 Å². The topological polar surface area (TPSA) is 159 Å². The number of H-pyrrole nitrogens is 1. The van der Waals surface area contributed by atoms with Crippen molar-refractivity contribution < 1.29 is 9.53 Å². The highest BCUT2D eigenvalue weighted by molar-refractivity contribution is 6.32. The molecule has 0 atom stereocenters. The van der Waals surface area contributed by atoms with Crippen LogP contribution in [0.4, 0.5) is 5.82 Å². The number of carbonyl (C=O) groups excluding carboxylic acids is 1. The molecule has 9 heteroatoms. The third-order valence-electron chi connectivity index (χ3n) is 3.06. The van der Waals surface area contributed by atoms with E-state index in [-0.39, 0.29) is 39.9 Å². The van der Waals surface area contributed by atoms with Gasteiger partial charge in [0.05, 0.1) is 5.02 Å². The summed E-state index contributed by atoms with van der Waals surface area (Å²) >= 11 is 6.07. The third kappa shape index (κ3) is 3.14. The number of ether oxygens (including phenoxy) is 1. The van der Waals surface area contributed by atoms with E-state index in [1.807, 2.05) is 6.07 Å². The van der Waals surface area contributed by atoms with Gasteiger partial charge in [-0.05, 0) is 17.7 Å². The molecule has 0 radical (unpaired) electrons. The quantitative estimate of drug-likeness (QED) is 0.747. The number of anilines is 1. The largest absolute Gasteiger partial charge is 0.482 e. The average molecular weight is 344 g/mol. The number of hydrogen-bond acceptors (Lipinski definition) is 6. The second-order valence-corrected chi connectivity index (χ2v) is 5.02. The molecule has 1 heterocycles. The molecule has 0 fully saturated rings. The number of nitrogen functional groups attached to an aromatic ring is 1. The number of aromatic nitrogens is 1. The number of hydrogen-bond donors (Lipinski definition) is 3. The molecule has 5 N–H and O–H groups in total. The van der Waals surface area contributed by atoms with Gasteiger partial charge in [0.15, 0.2) is 6.61 Å². The second kappa shape index (κ2) is 6.73. The number of pyridine rings is 1. The third-order valence-corrected chi connectivity index (χ3v) is 3.35. The normalized spacial score (nSPS) is 9.79. The maximum atomic E-state index is 11.9. The zero-order valence-electron chi connectivity index (χ0n) is 12.1. The summed E-state index contributed by atoms with van der Waals surface area (Å²) in [4.78, 5) is 24.9. The zero-order chi connectivity index (χ0) is 17.9. The summed E-state index contributed by atoms with van der Waals surface area (Å²) in [5, 5.41) is 18.6. The van der Waals surface area contributed by atoms with Gasteiger partial charge in [-0.15, -0.1) is 0 Å². The van der Waals surface area contributed by atoms with Crippen LogP contribution in [0.1, 0.15) is 11.1 Å². The molecule has 2 rings (SSSR count). The number of primary amides is 1. The summed E-state index contributed by atoms with van der Waals surface area (Å²) in [6.07, 6.45) is 0. The maximum Gasteiger partial charge on any atom is 0.268 e. The van der Waals surface area contributed by atoms with Gasteiger partial charge in [-0.2, -0.15) is 10.5 Å². The smallest absolute Gasteiger partial charge is 0.268 e. The van der Waals surface area contributed by atoms with Crippen molar-refractivity contribution in [2.75, 3.05) is 12.3 Å². The van der Waals surface area contributed by atoms with Crippen LogP contribution < -0.4 is 21.8 Å². The van der Waals surface area contributed by atoms with Gasteiger partial charge in [0.2, 0.25) is 0 Å². The Morgan fingerprint density at radius 2 is 1.96 bits per heavy atom. The van der Waals surface area contributed by atoms with E-state index in [9.17, 15) is 20.1 Å². The van der Waals surface area contributed by atoms with E-state index in [0.29, 0.717) is 5.56 Å². The summed E-state index contributed by atoms with van der Waals surface area (Å²) in [6.45, 7) is -0.357. The Bertz CT molecular complexity index is 969. The van der Waals surface area contributed by atoms with Gasteiger partial charge in [-0.1, -0.05) is 17.7 Å². The van der Waals surface area contributed by atoms with Gasteiger partial charge in [-0.3, -0.25) is 9.59 Å². The van der Waals surface area contributed by atoms with Crippen LogP contribution >= 0.6 is 11.6 Å². The van der Waals surface area contributed by atoms with Crippen molar-refractivity contribution >= 4 is 23.3 Å². The van der Waals surface area contributed by atoms with Crippen LogP contribution in [0.5, 0.6) is 5.75 Å². The van der Waals surface area contributed by atoms with Crippen molar-refractivity contribution in [2.45, 2.75) is 0 Å². The highest BCUT2D eigenvalue weighted by atomic mass is 35.5. The highest BCUT2D eigenvalue weighted by Gasteiger charge is 2.19. The molecule has 0 aliphatic rings. The lowest BCUT2D eigenvalue weighted by Gasteiger charge is -2.11. The number of benzene rings is 1. The number of nitrogens with two attached hydrogens (primary N) is 2. The molecule has 0 spiro atoms. The van der Waals surface area contributed by atoms with Crippen LogP contribution in [-0.2, 0) is 4.79 Å². The summed E-state index contributed by atoms with van der Waals surface area (Å²) in [5.74, 6) is -0.633. The minimum atomic E-state index is -0.714. The van der Waals surface area contributed by atoms with Crippen LogP contribution in [0.15, 0.2) is 23.0 Å². The van der Waals surface area contributed by atoms with Gasteiger partial charge >= 0.3 is 0 Å². The van der Waals surface area contributed by atoms with E-state index in [4.69, 9.17) is 27.8 Å². The standard InChI is InChI=1S/C15H10ClN5O3/c16-10-3-7(1-2-11(10)24-6-12(19)22)13-8(4-17)14(20)21-15(23)9(13)5-18/h1-3H,6H2,(H2,19,22)(H3,20,21,23). The first kappa shape index (κ1) is 16.9. The first-order valence-electron chi connectivity index (χ1n) is 6.46. The zero-order valence-corrected chi connectivity index (χ0v) is 12.8. The second-order valence-electron chi connectivity index (χ2n) is 4.62. The van der Waals surface area contributed by atoms with Crippen LogP contribution in [0.2, 0.25) is 5.02 Å². The number of nitrogens with one attached hydrogen (secondary N) is 1.